The first-order valence-electron chi connectivity index (χ1n) is 7.91. The average Bonchev–Trinajstić information content (AvgIpc) is 2.46. The second-order valence-corrected chi connectivity index (χ2v) is 5.32. The molecule has 0 amide bonds. The van der Waals surface area contributed by atoms with E-state index in [2.05, 4.69) is 37.9 Å². The van der Waals surface area contributed by atoms with Gasteiger partial charge in [-0.3, -0.25) is 0 Å². The lowest BCUT2D eigenvalue weighted by molar-refractivity contribution is 0.560. The van der Waals surface area contributed by atoms with Gasteiger partial charge in [0.2, 0.25) is 0 Å². The van der Waals surface area contributed by atoms with Gasteiger partial charge in [-0.1, -0.05) is 26.3 Å². The van der Waals surface area contributed by atoms with Crippen LogP contribution in [0.25, 0.3) is 0 Å². The van der Waals surface area contributed by atoms with E-state index in [-0.39, 0.29) is 11.9 Å². The second-order valence-electron chi connectivity index (χ2n) is 5.32. The molecule has 0 aromatic heterocycles. The van der Waals surface area contributed by atoms with Gasteiger partial charge in [0.25, 0.3) is 0 Å². The lowest BCUT2D eigenvalue weighted by Crippen LogP contribution is -2.25. The lowest BCUT2D eigenvalue weighted by Gasteiger charge is -2.24. The molecular formula is C17H29FN2. The van der Waals surface area contributed by atoms with Crippen molar-refractivity contribution in [3.05, 3.63) is 29.6 Å². The minimum absolute atomic E-state index is 0.106. The van der Waals surface area contributed by atoms with Gasteiger partial charge >= 0.3 is 0 Å². The van der Waals surface area contributed by atoms with Crippen LogP contribution in [0.5, 0.6) is 0 Å². The van der Waals surface area contributed by atoms with Crippen LogP contribution in [0.15, 0.2) is 18.2 Å². The highest BCUT2D eigenvalue weighted by Gasteiger charge is 2.12. The monoisotopic (exact) mass is 280 g/mol. The van der Waals surface area contributed by atoms with E-state index < -0.39 is 0 Å². The fraction of sp³-hybridized carbons (Fsp3) is 0.647. The molecule has 0 bridgehead atoms. The molecule has 1 aromatic carbocycles. The number of hydrogen-bond donors (Lipinski definition) is 1. The number of unbranched alkanes of at least 4 members (excludes halogenated alkanes) is 1. The first-order chi connectivity index (χ1) is 9.63. The summed E-state index contributed by atoms with van der Waals surface area (Å²) >= 11 is 0. The Morgan fingerprint density at radius 3 is 2.50 bits per heavy atom. The first-order valence-corrected chi connectivity index (χ1v) is 7.91. The van der Waals surface area contributed by atoms with Crippen LogP contribution in [0.1, 0.15) is 58.6 Å². The topological polar surface area (TPSA) is 15.3 Å². The third-order valence-electron chi connectivity index (χ3n) is 3.68. The van der Waals surface area contributed by atoms with Gasteiger partial charge < -0.3 is 10.2 Å². The number of hydrogen-bond acceptors (Lipinski definition) is 2. The van der Waals surface area contributed by atoms with Crippen molar-refractivity contribution < 1.29 is 4.39 Å². The summed E-state index contributed by atoms with van der Waals surface area (Å²) in [5, 5.41) is 3.39. The molecule has 20 heavy (non-hydrogen) atoms. The van der Waals surface area contributed by atoms with Crippen LogP contribution in [0.3, 0.4) is 0 Å². The second kappa shape index (κ2) is 8.96. The maximum absolute atomic E-state index is 14.3. The predicted octanol–water partition coefficient (Wildman–Crippen LogP) is 4.51. The fourth-order valence-corrected chi connectivity index (χ4v) is 2.33. The van der Waals surface area contributed by atoms with E-state index in [1.807, 2.05) is 12.1 Å². The number of anilines is 1. The van der Waals surface area contributed by atoms with Crippen LogP contribution >= 0.6 is 0 Å². The van der Waals surface area contributed by atoms with Crippen LogP contribution in [0, 0.1) is 5.82 Å². The molecule has 1 atom stereocenters. The van der Waals surface area contributed by atoms with Gasteiger partial charge in [0.1, 0.15) is 5.82 Å². The molecule has 0 radical (unpaired) electrons. The summed E-state index contributed by atoms with van der Waals surface area (Å²) in [6, 6.07) is 5.84. The molecule has 1 N–H and O–H groups in total. The summed E-state index contributed by atoms with van der Waals surface area (Å²) in [5.41, 5.74) is 1.75. The molecule has 0 saturated carbocycles. The Bertz CT molecular complexity index is 393. The maximum Gasteiger partial charge on any atom is 0.146 e. The Morgan fingerprint density at radius 2 is 1.95 bits per heavy atom. The van der Waals surface area contributed by atoms with Gasteiger partial charge in [0, 0.05) is 19.1 Å². The van der Waals surface area contributed by atoms with Gasteiger partial charge in [-0.15, -0.1) is 0 Å². The molecule has 1 unspecified atom stereocenters. The number of rotatable bonds is 9. The lowest BCUT2D eigenvalue weighted by atomic mass is 10.1. The van der Waals surface area contributed by atoms with Crippen molar-refractivity contribution in [1.29, 1.82) is 0 Å². The van der Waals surface area contributed by atoms with E-state index in [0.717, 1.165) is 50.1 Å². The molecule has 114 valence electrons. The van der Waals surface area contributed by atoms with Crippen molar-refractivity contribution in [2.75, 3.05) is 24.5 Å². The third kappa shape index (κ3) is 4.78. The smallest absolute Gasteiger partial charge is 0.146 e. The molecule has 0 heterocycles. The van der Waals surface area contributed by atoms with Gasteiger partial charge in [-0.25, -0.2) is 4.39 Å². The Morgan fingerprint density at radius 1 is 1.20 bits per heavy atom. The molecule has 0 saturated heterocycles. The summed E-state index contributed by atoms with van der Waals surface area (Å²) < 4.78 is 14.3. The van der Waals surface area contributed by atoms with E-state index in [4.69, 9.17) is 0 Å². The van der Waals surface area contributed by atoms with Gasteiger partial charge in [0.15, 0.2) is 0 Å². The van der Waals surface area contributed by atoms with Crippen LogP contribution in [-0.2, 0) is 0 Å². The van der Waals surface area contributed by atoms with Crippen molar-refractivity contribution >= 4 is 5.69 Å². The van der Waals surface area contributed by atoms with Crippen LogP contribution in [0.2, 0.25) is 0 Å². The largest absolute Gasteiger partial charge is 0.369 e. The summed E-state index contributed by atoms with van der Waals surface area (Å²) in [4.78, 5) is 2.12. The van der Waals surface area contributed by atoms with E-state index in [0.29, 0.717) is 0 Å². The van der Waals surface area contributed by atoms with Crippen LogP contribution in [-0.4, -0.2) is 19.6 Å². The van der Waals surface area contributed by atoms with E-state index in [1.54, 1.807) is 6.07 Å². The zero-order chi connectivity index (χ0) is 15.0. The summed E-state index contributed by atoms with van der Waals surface area (Å²) in [7, 11) is 0. The molecule has 1 aromatic rings. The molecule has 1 rings (SSSR count). The summed E-state index contributed by atoms with van der Waals surface area (Å²) in [5.74, 6) is -0.106. The SMILES string of the molecule is CCCCN(CC)c1ccc(C(C)NCCC)cc1F. The molecule has 0 fully saturated rings. The maximum atomic E-state index is 14.3. The summed E-state index contributed by atoms with van der Waals surface area (Å²) in [6.45, 7) is 11.2. The zero-order valence-corrected chi connectivity index (χ0v) is 13.4. The third-order valence-corrected chi connectivity index (χ3v) is 3.68. The Balaban J connectivity index is 2.80. The van der Waals surface area contributed by atoms with Crippen molar-refractivity contribution in [3.8, 4) is 0 Å². The Labute approximate surface area is 123 Å². The molecule has 0 spiro atoms. The molecule has 0 aliphatic rings. The first kappa shape index (κ1) is 17.0. The fourth-order valence-electron chi connectivity index (χ4n) is 2.33. The molecule has 2 nitrogen and oxygen atoms in total. The highest BCUT2D eigenvalue weighted by molar-refractivity contribution is 5.49. The summed E-state index contributed by atoms with van der Waals surface area (Å²) in [6.07, 6.45) is 3.32. The van der Waals surface area contributed by atoms with Crippen molar-refractivity contribution in [2.45, 2.75) is 53.0 Å². The quantitative estimate of drug-likeness (QED) is 0.716. The Kier molecular flexibility index (Phi) is 7.60. The molecule has 0 aliphatic heterocycles. The number of nitrogens with zero attached hydrogens (tertiary/aromatic N) is 1. The highest BCUT2D eigenvalue weighted by atomic mass is 19.1. The number of benzene rings is 1. The van der Waals surface area contributed by atoms with Crippen LogP contribution in [0.4, 0.5) is 10.1 Å². The molecule has 0 aliphatic carbocycles. The van der Waals surface area contributed by atoms with Crippen LogP contribution < -0.4 is 10.2 Å². The number of nitrogens with one attached hydrogen (secondary N) is 1. The van der Waals surface area contributed by atoms with E-state index >= 15 is 0 Å². The van der Waals surface area contributed by atoms with Gasteiger partial charge in [0.05, 0.1) is 5.69 Å². The normalized spacial score (nSPS) is 12.4. The zero-order valence-electron chi connectivity index (χ0n) is 13.4. The van der Waals surface area contributed by atoms with Crippen molar-refractivity contribution in [3.63, 3.8) is 0 Å². The molecular weight excluding hydrogens is 251 g/mol. The minimum Gasteiger partial charge on any atom is -0.369 e. The van der Waals surface area contributed by atoms with Crippen molar-refractivity contribution in [2.24, 2.45) is 0 Å². The van der Waals surface area contributed by atoms with E-state index in [1.165, 1.54) is 0 Å². The van der Waals surface area contributed by atoms with Crippen molar-refractivity contribution in [1.82, 2.24) is 5.32 Å². The Hall–Kier alpha value is -1.09. The predicted molar refractivity (Wildman–Crippen MR) is 85.9 cm³/mol. The number of halogens is 1. The minimum atomic E-state index is -0.106. The standard InChI is InChI=1S/C17H29FN2/c1-5-8-12-20(7-3)17-10-9-15(13-16(17)18)14(4)19-11-6-2/h9-10,13-14,19H,5-8,11-12H2,1-4H3. The highest BCUT2D eigenvalue weighted by Crippen LogP contribution is 2.24. The van der Waals surface area contributed by atoms with E-state index in [9.17, 15) is 4.39 Å². The van der Waals surface area contributed by atoms with Gasteiger partial charge in [-0.05, 0) is 50.9 Å². The average molecular weight is 280 g/mol. The van der Waals surface area contributed by atoms with Gasteiger partial charge in [-0.2, -0.15) is 0 Å². The molecule has 3 heteroatoms.